The fraction of sp³-hybridized carbons (Fsp3) is 0.364. The van der Waals surface area contributed by atoms with Gasteiger partial charge in [-0.05, 0) is 49.2 Å². The molecule has 1 aliphatic carbocycles. The highest BCUT2D eigenvalue weighted by Crippen LogP contribution is 2.47. The molecule has 0 spiro atoms. The van der Waals surface area contributed by atoms with Crippen molar-refractivity contribution in [3.63, 3.8) is 0 Å². The molecule has 6 nitrogen and oxygen atoms in total. The first-order valence-electron chi connectivity index (χ1n) is 10.4. The monoisotopic (exact) mass is 505 g/mol. The van der Waals surface area contributed by atoms with E-state index in [9.17, 15) is 40.3 Å². The summed E-state index contributed by atoms with van der Waals surface area (Å²) in [5.74, 6) is -1.86. The van der Waals surface area contributed by atoms with Gasteiger partial charge in [0.2, 0.25) is 0 Å². The lowest BCUT2D eigenvalue weighted by atomic mass is 10.1. The molecule has 2 aliphatic rings. The van der Waals surface area contributed by atoms with Crippen molar-refractivity contribution in [2.24, 2.45) is 0 Å². The van der Waals surface area contributed by atoms with E-state index in [1.54, 1.807) is 0 Å². The standard InChI is InChI=1S/C22H18F7N3O3/c1-30(14-4-2-13(23)3-5-14)20(34)35-18-16(22(27,28)29)10-12(21(24,25)26)11-17(18)32-9-8-31(19(32)33)15-6-7-15/h2-5,10-11,15H,6-9H2,1H3. The Kier molecular flexibility index (Phi) is 6.05. The molecule has 188 valence electrons. The van der Waals surface area contributed by atoms with Crippen LogP contribution in [0.4, 0.5) is 51.7 Å². The number of carbonyl (C=O) groups is 2. The molecule has 0 aromatic heterocycles. The molecule has 35 heavy (non-hydrogen) atoms. The van der Waals surface area contributed by atoms with Crippen molar-refractivity contribution in [1.82, 2.24) is 4.90 Å². The van der Waals surface area contributed by atoms with Crippen LogP contribution >= 0.6 is 0 Å². The number of urea groups is 1. The van der Waals surface area contributed by atoms with E-state index in [4.69, 9.17) is 4.74 Å². The predicted octanol–water partition coefficient (Wildman–Crippen LogP) is 5.90. The highest BCUT2D eigenvalue weighted by molar-refractivity contribution is 5.98. The molecular weight excluding hydrogens is 487 g/mol. The molecule has 3 amide bonds. The molecule has 1 saturated heterocycles. The van der Waals surface area contributed by atoms with Gasteiger partial charge in [0.05, 0.1) is 11.3 Å². The van der Waals surface area contributed by atoms with Gasteiger partial charge in [-0.15, -0.1) is 0 Å². The van der Waals surface area contributed by atoms with Crippen molar-refractivity contribution in [3.05, 3.63) is 53.3 Å². The zero-order valence-electron chi connectivity index (χ0n) is 18.1. The Bertz CT molecular complexity index is 1140. The van der Waals surface area contributed by atoms with Gasteiger partial charge in [-0.2, -0.15) is 26.3 Å². The van der Waals surface area contributed by atoms with Crippen LogP contribution in [0.3, 0.4) is 0 Å². The third kappa shape index (κ3) is 4.98. The van der Waals surface area contributed by atoms with E-state index in [0.29, 0.717) is 18.9 Å². The van der Waals surface area contributed by atoms with Crippen molar-refractivity contribution in [3.8, 4) is 5.75 Å². The smallest absolute Gasteiger partial charge is 0.407 e. The Morgan fingerprint density at radius 2 is 1.63 bits per heavy atom. The first-order chi connectivity index (χ1) is 16.3. The van der Waals surface area contributed by atoms with Crippen molar-refractivity contribution in [2.45, 2.75) is 31.2 Å². The van der Waals surface area contributed by atoms with Gasteiger partial charge >= 0.3 is 24.5 Å². The maximum atomic E-state index is 13.9. The number of nitrogens with zero attached hydrogens (tertiary/aromatic N) is 3. The van der Waals surface area contributed by atoms with Gasteiger partial charge in [0.25, 0.3) is 0 Å². The molecule has 0 bridgehead atoms. The second-order valence-electron chi connectivity index (χ2n) is 8.13. The lowest BCUT2D eigenvalue weighted by Crippen LogP contribution is -2.35. The quantitative estimate of drug-likeness (QED) is 0.486. The first kappa shape index (κ1) is 24.6. The number of anilines is 2. The Labute approximate surface area is 194 Å². The summed E-state index contributed by atoms with van der Waals surface area (Å²) in [6.07, 6.45) is -10.5. The van der Waals surface area contributed by atoms with Gasteiger partial charge in [0.1, 0.15) is 11.4 Å². The lowest BCUT2D eigenvalue weighted by molar-refractivity contribution is -0.143. The maximum Gasteiger partial charge on any atom is 0.420 e. The molecule has 1 aliphatic heterocycles. The molecular formula is C22H18F7N3O3. The molecule has 0 unspecified atom stereocenters. The van der Waals surface area contributed by atoms with Crippen LogP contribution in [0, 0.1) is 5.82 Å². The van der Waals surface area contributed by atoms with Crippen LogP contribution in [-0.4, -0.2) is 43.2 Å². The van der Waals surface area contributed by atoms with E-state index in [0.717, 1.165) is 41.1 Å². The molecule has 0 N–H and O–H groups in total. The number of halogens is 7. The van der Waals surface area contributed by atoms with Gasteiger partial charge < -0.3 is 9.64 Å². The van der Waals surface area contributed by atoms with Crippen LogP contribution in [0.1, 0.15) is 24.0 Å². The summed E-state index contributed by atoms with van der Waals surface area (Å²) in [4.78, 5) is 28.4. The van der Waals surface area contributed by atoms with Gasteiger partial charge in [-0.3, -0.25) is 9.80 Å². The van der Waals surface area contributed by atoms with Crippen LogP contribution in [0.15, 0.2) is 36.4 Å². The molecule has 4 rings (SSSR count). The fourth-order valence-electron chi connectivity index (χ4n) is 3.72. The van der Waals surface area contributed by atoms with Crippen LogP contribution in [0.25, 0.3) is 0 Å². The highest BCUT2D eigenvalue weighted by atomic mass is 19.4. The number of rotatable bonds is 4. The van der Waals surface area contributed by atoms with Crippen molar-refractivity contribution in [1.29, 1.82) is 0 Å². The third-order valence-corrected chi connectivity index (χ3v) is 5.70. The van der Waals surface area contributed by atoms with Crippen molar-refractivity contribution in [2.75, 3.05) is 29.9 Å². The van der Waals surface area contributed by atoms with E-state index < -0.39 is 52.9 Å². The van der Waals surface area contributed by atoms with Gasteiger partial charge in [0.15, 0.2) is 5.75 Å². The molecule has 1 heterocycles. The second kappa shape index (κ2) is 8.61. The van der Waals surface area contributed by atoms with Crippen molar-refractivity contribution >= 4 is 23.5 Å². The zero-order chi connectivity index (χ0) is 25.7. The summed E-state index contributed by atoms with van der Waals surface area (Å²) in [7, 11) is 1.13. The summed E-state index contributed by atoms with van der Waals surface area (Å²) in [5, 5.41) is 0. The number of hydrogen-bond donors (Lipinski definition) is 0. The molecule has 13 heteroatoms. The second-order valence-corrected chi connectivity index (χ2v) is 8.13. The van der Waals surface area contributed by atoms with E-state index in [1.807, 2.05) is 0 Å². The minimum Gasteiger partial charge on any atom is -0.407 e. The molecule has 2 aromatic carbocycles. The Morgan fingerprint density at radius 1 is 1.00 bits per heavy atom. The zero-order valence-corrected chi connectivity index (χ0v) is 18.1. The van der Waals surface area contributed by atoms with Crippen LogP contribution in [-0.2, 0) is 12.4 Å². The van der Waals surface area contributed by atoms with Gasteiger partial charge in [-0.1, -0.05) is 0 Å². The van der Waals surface area contributed by atoms with Crippen LogP contribution < -0.4 is 14.5 Å². The molecule has 0 atom stereocenters. The van der Waals surface area contributed by atoms with E-state index in [-0.39, 0.29) is 30.9 Å². The SMILES string of the molecule is CN(C(=O)Oc1c(N2CCN(C3CC3)C2=O)cc(C(F)(F)F)cc1C(F)(F)F)c1ccc(F)cc1. The number of ether oxygens (including phenoxy) is 1. The Morgan fingerprint density at radius 3 is 2.17 bits per heavy atom. The van der Waals surface area contributed by atoms with E-state index in [1.165, 1.54) is 4.90 Å². The fourth-order valence-corrected chi connectivity index (χ4v) is 3.72. The first-order valence-corrected chi connectivity index (χ1v) is 10.4. The molecule has 0 radical (unpaired) electrons. The predicted molar refractivity (Wildman–Crippen MR) is 110 cm³/mol. The minimum atomic E-state index is -5.35. The third-order valence-electron chi connectivity index (χ3n) is 5.70. The Balaban J connectivity index is 1.79. The number of amides is 3. The van der Waals surface area contributed by atoms with Crippen molar-refractivity contribution < 1.29 is 45.1 Å². The number of carbonyl (C=O) groups excluding carboxylic acids is 2. The summed E-state index contributed by atoms with van der Waals surface area (Å²) >= 11 is 0. The van der Waals surface area contributed by atoms with Crippen LogP contribution in [0.2, 0.25) is 0 Å². The van der Waals surface area contributed by atoms with Gasteiger partial charge in [-0.25, -0.2) is 14.0 Å². The summed E-state index contributed by atoms with van der Waals surface area (Å²) < 4.78 is 100. The number of hydrogen-bond acceptors (Lipinski definition) is 3. The molecule has 2 fully saturated rings. The number of benzene rings is 2. The average molecular weight is 505 g/mol. The van der Waals surface area contributed by atoms with Gasteiger partial charge in [0, 0.05) is 31.9 Å². The Hall–Kier alpha value is -3.51. The minimum absolute atomic E-state index is 0.0515. The lowest BCUT2D eigenvalue weighted by Gasteiger charge is -2.26. The number of alkyl halides is 6. The highest BCUT2D eigenvalue weighted by Gasteiger charge is 2.45. The summed E-state index contributed by atoms with van der Waals surface area (Å²) in [5.41, 5.74) is -4.28. The molecule has 1 saturated carbocycles. The van der Waals surface area contributed by atoms with E-state index >= 15 is 0 Å². The average Bonchev–Trinajstić information content (AvgIpc) is 3.54. The topological polar surface area (TPSA) is 53.1 Å². The molecule has 2 aromatic rings. The largest absolute Gasteiger partial charge is 0.420 e. The van der Waals surface area contributed by atoms with E-state index in [2.05, 4.69) is 0 Å². The van der Waals surface area contributed by atoms with Crippen LogP contribution in [0.5, 0.6) is 5.75 Å². The normalized spacial score (nSPS) is 16.6. The summed E-state index contributed by atoms with van der Waals surface area (Å²) in [6, 6.07) is 3.62. The summed E-state index contributed by atoms with van der Waals surface area (Å²) in [6.45, 7) is -0.0870. The maximum absolute atomic E-state index is 13.9.